The van der Waals surface area contributed by atoms with Gasteiger partial charge in [0.25, 0.3) is 5.91 Å². The van der Waals surface area contributed by atoms with E-state index < -0.39 is 0 Å². The molecule has 1 N–H and O–H groups in total. The zero-order valence-corrected chi connectivity index (χ0v) is 17.8. The molecule has 4 heterocycles. The second kappa shape index (κ2) is 8.88. The fraction of sp³-hybridized carbons (Fsp3) is 0.409. The Bertz CT molecular complexity index is 976. The van der Waals surface area contributed by atoms with Crippen molar-refractivity contribution in [3.8, 4) is 0 Å². The van der Waals surface area contributed by atoms with Crippen LogP contribution >= 0.6 is 11.3 Å². The summed E-state index contributed by atoms with van der Waals surface area (Å²) in [6.45, 7) is 8.22. The van der Waals surface area contributed by atoms with E-state index in [4.69, 9.17) is 0 Å². The van der Waals surface area contributed by atoms with Crippen molar-refractivity contribution in [2.45, 2.75) is 52.9 Å². The second-order valence-electron chi connectivity index (χ2n) is 7.41. The van der Waals surface area contributed by atoms with Crippen molar-refractivity contribution in [1.29, 1.82) is 0 Å². The van der Waals surface area contributed by atoms with Gasteiger partial charge < -0.3 is 5.32 Å². The Labute approximate surface area is 175 Å². The van der Waals surface area contributed by atoms with E-state index in [9.17, 15) is 4.79 Å². The summed E-state index contributed by atoms with van der Waals surface area (Å²) in [5.41, 5.74) is 5.44. The van der Waals surface area contributed by atoms with Gasteiger partial charge in [0, 0.05) is 60.9 Å². The molecule has 0 radical (unpaired) electrons. The average molecular weight is 410 g/mol. The molecule has 0 aliphatic carbocycles. The van der Waals surface area contributed by atoms with E-state index in [0.29, 0.717) is 6.54 Å². The van der Waals surface area contributed by atoms with Crippen molar-refractivity contribution < 1.29 is 4.79 Å². The van der Waals surface area contributed by atoms with E-state index in [2.05, 4.69) is 39.4 Å². The van der Waals surface area contributed by atoms with Crippen LogP contribution in [0.25, 0.3) is 0 Å². The molecule has 0 unspecified atom stereocenters. The van der Waals surface area contributed by atoms with Crippen LogP contribution in [0.3, 0.4) is 0 Å². The van der Waals surface area contributed by atoms with Crippen LogP contribution in [-0.2, 0) is 39.0 Å². The standard InChI is InChI=1S/C22H27N5OS/c1-3-16-5-6-18(23-9-16)13-26-8-7-19-20(15-29-21(19)14-26)22(28)24-10-17-11-25-27(4-2)12-17/h5-6,9,11-12,15H,3-4,7-8,10,13-14H2,1-2H3,(H,24,28). The van der Waals surface area contributed by atoms with Crippen LogP contribution in [0, 0.1) is 0 Å². The van der Waals surface area contributed by atoms with Gasteiger partial charge in [-0.2, -0.15) is 5.10 Å². The number of hydrogen-bond donors (Lipinski definition) is 1. The first-order valence-corrected chi connectivity index (χ1v) is 11.1. The van der Waals surface area contributed by atoms with Gasteiger partial charge in [0.15, 0.2) is 0 Å². The van der Waals surface area contributed by atoms with Crippen molar-refractivity contribution >= 4 is 17.2 Å². The molecule has 0 saturated heterocycles. The van der Waals surface area contributed by atoms with Crippen molar-refractivity contribution in [2.24, 2.45) is 0 Å². The highest BCUT2D eigenvalue weighted by Gasteiger charge is 2.24. The van der Waals surface area contributed by atoms with Gasteiger partial charge >= 0.3 is 0 Å². The smallest absolute Gasteiger partial charge is 0.252 e. The van der Waals surface area contributed by atoms with Gasteiger partial charge in [-0.05, 0) is 37.0 Å². The number of aromatic nitrogens is 3. The summed E-state index contributed by atoms with van der Waals surface area (Å²) in [4.78, 5) is 21.0. The lowest BCUT2D eigenvalue weighted by molar-refractivity contribution is 0.0949. The summed E-state index contributed by atoms with van der Waals surface area (Å²) < 4.78 is 1.87. The molecule has 0 fully saturated rings. The molecule has 3 aromatic rings. The Morgan fingerprint density at radius 2 is 2.14 bits per heavy atom. The molecule has 0 bridgehead atoms. The minimum Gasteiger partial charge on any atom is -0.348 e. The molecular weight excluding hydrogens is 382 g/mol. The predicted molar refractivity (Wildman–Crippen MR) is 115 cm³/mol. The summed E-state index contributed by atoms with van der Waals surface area (Å²) in [5, 5.41) is 9.30. The highest BCUT2D eigenvalue weighted by atomic mass is 32.1. The van der Waals surface area contributed by atoms with Gasteiger partial charge in [0.2, 0.25) is 0 Å². The fourth-order valence-electron chi connectivity index (χ4n) is 3.64. The summed E-state index contributed by atoms with van der Waals surface area (Å²) in [6, 6.07) is 4.29. The number of carbonyl (C=O) groups is 1. The number of thiophene rings is 1. The highest BCUT2D eigenvalue weighted by molar-refractivity contribution is 7.10. The molecule has 152 valence electrons. The fourth-order valence-corrected chi connectivity index (χ4v) is 4.76. The second-order valence-corrected chi connectivity index (χ2v) is 8.37. The van der Waals surface area contributed by atoms with E-state index in [0.717, 1.165) is 55.8 Å². The third-order valence-electron chi connectivity index (χ3n) is 5.41. The Hall–Kier alpha value is -2.51. The van der Waals surface area contributed by atoms with Gasteiger partial charge in [-0.1, -0.05) is 13.0 Å². The average Bonchev–Trinajstić information content (AvgIpc) is 3.39. The number of hydrogen-bond acceptors (Lipinski definition) is 5. The molecular formula is C22H27N5OS. The minimum atomic E-state index is 0.0111. The highest BCUT2D eigenvalue weighted by Crippen LogP contribution is 2.29. The molecule has 1 aliphatic heterocycles. The molecule has 0 atom stereocenters. The zero-order chi connectivity index (χ0) is 20.2. The summed E-state index contributed by atoms with van der Waals surface area (Å²) in [6.07, 6.45) is 7.68. The van der Waals surface area contributed by atoms with Crippen molar-refractivity contribution in [2.75, 3.05) is 6.54 Å². The SMILES string of the molecule is CCc1ccc(CN2CCc3c(C(=O)NCc4cnn(CC)c4)csc3C2)nc1. The molecule has 0 aromatic carbocycles. The van der Waals surface area contributed by atoms with Gasteiger partial charge in [-0.3, -0.25) is 19.4 Å². The first kappa shape index (κ1) is 19.8. The molecule has 6 nitrogen and oxygen atoms in total. The van der Waals surface area contributed by atoms with Gasteiger partial charge in [-0.15, -0.1) is 11.3 Å². The lowest BCUT2D eigenvalue weighted by atomic mass is 10.0. The van der Waals surface area contributed by atoms with Crippen LogP contribution in [0.15, 0.2) is 36.1 Å². The number of carbonyl (C=O) groups excluding carboxylic acids is 1. The lowest BCUT2D eigenvalue weighted by Gasteiger charge is -2.27. The molecule has 1 amide bonds. The summed E-state index contributed by atoms with van der Waals surface area (Å²) in [7, 11) is 0. The van der Waals surface area contributed by atoms with Crippen molar-refractivity contribution in [3.63, 3.8) is 0 Å². The lowest BCUT2D eigenvalue weighted by Crippen LogP contribution is -2.31. The first-order valence-electron chi connectivity index (χ1n) is 10.2. The molecule has 0 spiro atoms. The molecule has 0 saturated carbocycles. The van der Waals surface area contributed by atoms with Crippen LogP contribution < -0.4 is 5.32 Å². The van der Waals surface area contributed by atoms with Crippen LogP contribution in [-0.4, -0.2) is 32.1 Å². The van der Waals surface area contributed by atoms with Crippen LogP contribution in [0.5, 0.6) is 0 Å². The Morgan fingerprint density at radius 1 is 1.24 bits per heavy atom. The van der Waals surface area contributed by atoms with Crippen LogP contribution in [0.2, 0.25) is 0 Å². The maximum absolute atomic E-state index is 12.7. The van der Waals surface area contributed by atoms with Crippen molar-refractivity contribution in [1.82, 2.24) is 25.0 Å². The van der Waals surface area contributed by atoms with Crippen LogP contribution in [0.4, 0.5) is 0 Å². The number of pyridine rings is 1. The third kappa shape index (κ3) is 4.57. The number of rotatable bonds is 7. The quantitative estimate of drug-likeness (QED) is 0.650. The Balaban J connectivity index is 1.36. The van der Waals surface area contributed by atoms with Crippen LogP contribution in [0.1, 0.15) is 51.5 Å². The first-order chi connectivity index (χ1) is 14.2. The van der Waals surface area contributed by atoms with Gasteiger partial charge in [-0.25, -0.2) is 0 Å². The topological polar surface area (TPSA) is 63.1 Å². The van der Waals surface area contributed by atoms with Gasteiger partial charge in [0.1, 0.15) is 0 Å². The number of aryl methyl sites for hydroxylation is 2. The Morgan fingerprint density at radius 3 is 2.86 bits per heavy atom. The normalized spacial score (nSPS) is 14.0. The third-order valence-corrected chi connectivity index (χ3v) is 6.43. The predicted octanol–water partition coefficient (Wildman–Crippen LogP) is 3.41. The van der Waals surface area contributed by atoms with E-state index in [1.165, 1.54) is 16.0 Å². The van der Waals surface area contributed by atoms with E-state index in [1.807, 2.05) is 35.6 Å². The molecule has 7 heteroatoms. The monoisotopic (exact) mass is 409 g/mol. The Kier molecular flexibility index (Phi) is 6.06. The van der Waals surface area contributed by atoms with E-state index >= 15 is 0 Å². The maximum atomic E-state index is 12.7. The molecule has 1 aliphatic rings. The number of nitrogens with zero attached hydrogens (tertiary/aromatic N) is 4. The van der Waals surface area contributed by atoms with E-state index in [1.54, 1.807) is 11.3 Å². The molecule has 4 rings (SSSR count). The summed E-state index contributed by atoms with van der Waals surface area (Å²) in [5.74, 6) is 0.0111. The minimum absolute atomic E-state index is 0.0111. The number of amides is 1. The maximum Gasteiger partial charge on any atom is 0.252 e. The number of nitrogens with one attached hydrogen (secondary N) is 1. The van der Waals surface area contributed by atoms with Crippen molar-refractivity contribution in [3.05, 3.63) is 68.9 Å². The summed E-state index contributed by atoms with van der Waals surface area (Å²) >= 11 is 1.69. The van der Waals surface area contributed by atoms with Gasteiger partial charge in [0.05, 0.1) is 17.5 Å². The largest absolute Gasteiger partial charge is 0.348 e. The number of fused-ring (bicyclic) bond motifs is 1. The zero-order valence-electron chi connectivity index (χ0n) is 17.0. The molecule has 29 heavy (non-hydrogen) atoms. The molecule has 3 aromatic heterocycles. The van der Waals surface area contributed by atoms with E-state index in [-0.39, 0.29) is 5.91 Å².